The Balaban J connectivity index is 1.60. The van der Waals surface area contributed by atoms with Crippen LogP contribution in [-0.2, 0) is 6.54 Å². The van der Waals surface area contributed by atoms with Crippen LogP contribution in [0.1, 0.15) is 25.3 Å². The van der Waals surface area contributed by atoms with E-state index in [1.807, 2.05) is 12.1 Å². The molecular weight excluding hydrogens is 276 g/mol. The molecule has 1 aromatic rings. The Morgan fingerprint density at radius 2 is 2.30 bits per heavy atom. The molecule has 4 nitrogen and oxygen atoms in total. The Labute approximate surface area is 125 Å². The summed E-state index contributed by atoms with van der Waals surface area (Å²) in [5, 5.41) is 4.26. The molecule has 0 spiro atoms. The van der Waals surface area contributed by atoms with E-state index in [-0.39, 0.29) is 6.79 Å². The van der Waals surface area contributed by atoms with E-state index in [0.717, 1.165) is 30.9 Å². The zero-order valence-electron chi connectivity index (χ0n) is 11.8. The van der Waals surface area contributed by atoms with E-state index in [2.05, 4.69) is 17.1 Å². The van der Waals surface area contributed by atoms with Gasteiger partial charge in [0.15, 0.2) is 11.5 Å². The zero-order valence-corrected chi connectivity index (χ0v) is 12.6. The second-order valence-electron chi connectivity index (χ2n) is 5.42. The van der Waals surface area contributed by atoms with E-state index in [4.69, 9.17) is 21.1 Å². The van der Waals surface area contributed by atoms with Crippen LogP contribution in [0.5, 0.6) is 11.5 Å². The Hall–Kier alpha value is -0.970. The number of benzene rings is 1. The number of fused-ring (bicyclic) bond motifs is 1. The molecule has 0 bridgehead atoms. The first-order valence-corrected chi connectivity index (χ1v) is 7.68. The van der Waals surface area contributed by atoms with E-state index < -0.39 is 0 Å². The van der Waals surface area contributed by atoms with Crippen molar-refractivity contribution in [1.29, 1.82) is 0 Å². The normalized spacial score (nSPS) is 22.2. The smallest absolute Gasteiger partial charge is 0.231 e. The lowest BCUT2D eigenvalue weighted by Gasteiger charge is -2.32. The number of rotatable bonds is 4. The molecule has 1 fully saturated rings. The van der Waals surface area contributed by atoms with Crippen molar-refractivity contribution in [1.82, 2.24) is 10.2 Å². The van der Waals surface area contributed by atoms with Gasteiger partial charge in [0.2, 0.25) is 6.79 Å². The van der Waals surface area contributed by atoms with Crippen LogP contribution < -0.4 is 14.8 Å². The van der Waals surface area contributed by atoms with E-state index >= 15 is 0 Å². The maximum atomic E-state index is 6.20. The first-order chi connectivity index (χ1) is 9.76. The third-order valence-electron chi connectivity index (χ3n) is 4.03. The van der Waals surface area contributed by atoms with Gasteiger partial charge in [0, 0.05) is 19.1 Å². The van der Waals surface area contributed by atoms with Gasteiger partial charge >= 0.3 is 0 Å². The van der Waals surface area contributed by atoms with Crippen molar-refractivity contribution in [2.24, 2.45) is 0 Å². The van der Waals surface area contributed by atoms with E-state index in [1.54, 1.807) is 0 Å². The van der Waals surface area contributed by atoms with Crippen molar-refractivity contribution in [3.05, 3.63) is 22.7 Å². The molecule has 0 saturated carbocycles. The summed E-state index contributed by atoms with van der Waals surface area (Å²) < 4.78 is 10.7. The predicted molar refractivity (Wildman–Crippen MR) is 79.6 cm³/mol. The van der Waals surface area contributed by atoms with E-state index in [9.17, 15) is 0 Å². The molecule has 1 aromatic carbocycles. The van der Waals surface area contributed by atoms with Crippen LogP contribution in [0.3, 0.4) is 0 Å². The molecule has 0 aliphatic carbocycles. The molecule has 3 rings (SSSR count). The molecule has 2 aliphatic heterocycles. The summed E-state index contributed by atoms with van der Waals surface area (Å²) in [6, 6.07) is 4.54. The summed E-state index contributed by atoms with van der Waals surface area (Å²) >= 11 is 6.20. The van der Waals surface area contributed by atoms with Gasteiger partial charge in [-0.15, -0.1) is 0 Å². The molecule has 0 aromatic heterocycles. The molecule has 2 heterocycles. The summed E-state index contributed by atoms with van der Waals surface area (Å²) in [6.07, 6.45) is 2.52. The number of likely N-dealkylation sites (N-methyl/N-ethyl adjacent to an activating group) is 1. The number of piperidine rings is 1. The van der Waals surface area contributed by atoms with Gasteiger partial charge in [0.25, 0.3) is 0 Å². The number of ether oxygens (including phenoxy) is 2. The highest BCUT2D eigenvalue weighted by Gasteiger charge is 2.20. The Morgan fingerprint density at radius 1 is 1.40 bits per heavy atom. The van der Waals surface area contributed by atoms with Crippen LogP contribution in [0, 0.1) is 0 Å². The number of nitrogens with zero attached hydrogens (tertiary/aromatic N) is 1. The number of likely N-dealkylation sites (tertiary alicyclic amines) is 1. The molecule has 1 saturated heterocycles. The summed E-state index contributed by atoms with van der Waals surface area (Å²) in [5.74, 6) is 1.43. The minimum atomic E-state index is 0.264. The van der Waals surface area contributed by atoms with Crippen LogP contribution in [0.2, 0.25) is 5.02 Å². The van der Waals surface area contributed by atoms with Crippen molar-refractivity contribution in [2.45, 2.75) is 32.4 Å². The summed E-state index contributed by atoms with van der Waals surface area (Å²) in [6.45, 7) is 6.80. The molecule has 1 atom stereocenters. The average molecular weight is 297 g/mol. The quantitative estimate of drug-likeness (QED) is 0.926. The Bertz CT molecular complexity index is 481. The summed E-state index contributed by atoms with van der Waals surface area (Å²) in [7, 11) is 0. The van der Waals surface area contributed by atoms with Gasteiger partial charge in [-0.05, 0) is 43.6 Å². The van der Waals surface area contributed by atoms with Gasteiger partial charge in [-0.3, -0.25) is 0 Å². The largest absolute Gasteiger partial charge is 0.454 e. The van der Waals surface area contributed by atoms with Crippen LogP contribution in [0.4, 0.5) is 0 Å². The van der Waals surface area contributed by atoms with Gasteiger partial charge < -0.3 is 19.7 Å². The fourth-order valence-electron chi connectivity index (χ4n) is 2.89. The van der Waals surface area contributed by atoms with Crippen LogP contribution in [0.15, 0.2) is 12.1 Å². The molecule has 1 unspecified atom stereocenters. The van der Waals surface area contributed by atoms with Gasteiger partial charge in [-0.25, -0.2) is 0 Å². The van der Waals surface area contributed by atoms with E-state index in [0.29, 0.717) is 16.8 Å². The first kappa shape index (κ1) is 14.0. The Kier molecular flexibility index (Phi) is 4.34. The van der Waals surface area contributed by atoms with Crippen molar-refractivity contribution in [3.63, 3.8) is 0 Å². The molecule has 0 radical (unpaired) electrons. The summed E-state index contributed by atoms with van der Waals surface area (Å²) in [4.78, 5) is 2.49. The maximum absolute atomic E-state index is 6.20. The van der Waals surface area contributed by atoms with Crippen LogP contribution >= 0.6 is 11.6 Å². The second kappa shape index (κ2) is 6.20. The average Bonchev–Trinajstić information content (AvgIpc) is 2.94. The van der Waals surface area contributed by atoms with Crippen molar-refractivity contribution >= 4 is 11.6 Å². The fourth-order valence-corrected chi connectivity index (χ4v) is 3.18. The van der Waals surface area contributed by atoms with Gasteiger partial charge in [0.1, 0.15) is 0 Å². The van der Waals surface area contributed by atoms with Crippen molar-refractivity contribution in [3.8, 4) is 11.5 Å². The topological polar surface area (TPSA) is 33.7 Å². The van der Waals surface area contributed by atoms with Crippen LogP contribution in [0.25, 0.3) is 0 Å². The van der Waals surface area contributed by atoms with Crippen molar-refractivity contribution < 1.29 is 9.47 Å². The fraction of sp³-hybridized carbons (Fsp3) is 0.600. The molecule has 2 aliphatic rings. The molecular formula is C15H21ClN2O2. The molecule has 0 amide bonds. The highest BCUT2D eigenvalue weighted by Crippen LogP contribution is 2.39. The van der Waals surface area contributed by atoms with Crippen molar-refractivity contribution in [2.75, 3.05) is 26.4 Å². The second-order valence-corrected chi connectivity index (χ2v) is 5.83. The lowest BCUT2D eigenvalue weighted by atomic mass is 10.1. The monoisotopic (exact) mass is 296 g/mol. The molecule has 5 heteroatoms. The van der Waals surface area contributed by atoms with Crippen LogP contribution in [-0.4, -0.2) is 37.4 Å². The minimum Gasteiger partial charge on any atom is -0.454 e. The standard InChI is InChI=1S/C15H21ClN2O2/c1-2-18-5-3-4-12(9-18)17-8-11-6-13(16)15-14(7-11)19-10-20-15/h6-7,12,17H,2-5,8-10H2,1H3. The number of hydrogen-bond acceptors (Lipinski definition) is 4. The Morgan fingerprint density at radius 3 is 3.15 bits per heavy atom. The highest BCUT2D eigenvalue weighted by molar-refractivity contribution is 6.32. The lowest BCUT2D eigenvalue weighted by Crippen LogP contribution is -2.45. The van der Waals surface area contributed by atoms with E-state index in [1.165, 1.54) is 19.4 Å². The molecule has 1 N–H and O–H groups in total. The highest BCUT2D eigenvalue weighted by atomic mass is 35.5. The number of nitrogens with one attached hydrogen (secondary N) is 1. The molecule has 110 valence electrons. The predicted octanol–water partition coefficient (Wildman–Crippen LogP) is 2.64. The van der Waals surface area contributed by atoms with Gasteiger partial charge in [0.05, 0.1) is 5.02 Å². The molecule has 20 heavy (non-hydrogen) atoms. The van der Waals surface area contributed by atoms with Gasteiger partial charge in [-0.2, -0.15) is 0 Å². The first-order valence-electron chi connectivity index (χ1n) is 7.30. The minimum absolute atomic E-state index is 0.264. The lowest BCUT2D eigenvalue weighted by molar-refractivity contribution is 0.174. The summed E-state index contributed by atoms with van der Waals surface area (Å²) in [5.41, 5.74) is 1.15. The zero-order chi connectivity index (χ0) is 13.9. The third kappa shape index (κ3) is 3.03. The number of hydrogen-bond donors (Lipinski definition) is 1. The number of halogens is 1. The maximum Gasteiger partial charge on any atom is 0.231 e. The third-order valence-corrected chi connectivity index (χ3v) is 4.32. The van der Waals surface area contributed by atoms with Gasteiger partial charge in [-0.1, -0.05) is 18.5 Å². The SMILES string of the molecule is CCN1CCCC(NCc2cc(Cl)c3c(c2)OCO3)C1.